The third kappa shape index (κ3) is 2.57. The van der Waals surface area contributed by atoms with Crippen molar-refractivity contribution >= 4 is 38.4 Å². The predicted octanol–water partition coefficient (Wildman–Crippen LogP) is 3.61. The van der Waals surface area contributed by atoms with E-state index in [2.05, 4.69) is 10.3 Å². The lowest BCUT2D eigenvalue weighted by Gasteiger charge is -2.21. The SMILES string of the molecule is COc1ccc2nc(NC3CCCSC3)sc2c1. The summed E-state index contributed by atoms with van der Waals surface area (Å²) >= 11 is 3.74. The van der Waals surface area contributed by atoms with E-state index in [1.54, 1.807) is 18.4 Å². The van der Waals surface area contributed by atoms with Gasteiger partial charge in [-0.25, -0.2) is 4.98 Å². The van der Waals surface area contributed by atoms with Crippen molar-refractivity contribution in [2.24, 2.45) is 0 Å². The first-order chi connectivity index (χ1) is 8.85. The highest BCUT2D eigenvalue weighted by Gasteiger charge is 2.15. The molecule has 2 aromatic rings. The quantitative estimate of drug-likeness (QED) is 0.931. The van der Waals surface area contributed by atoms with Gasteiger partial charge < -0.3 is 10.1 Å². The highest BCUT2D eigenvalue weighted by Crippen LogP contribution is 2.30. The molecule has 1 unspecified atom stereocenters. The van der Waals surface area contributed by atoms with Crippen LogP contribution >= 0.6 is 23.1 Å². The molecule has 0 saturated carbocycles. The average molecular weight is 280 g/mol. The van der Waals surface area contributed by atoms with Crippen LogP contribution in [0.4, 0.5) is 5.13 Å². The molecule has 1 atom stereocenters. The number of benzene rings is 1. The van der Waals surface area contributed by atoms with Crippen LogP contribution in [0, 0.1) is 0 Å². The van der Waals surface area contributed by atoms with Gasteiger partial charge in [0, 0.05) is 11.8 Å². The van der Waals surface area contributed by atoms with Gasteiger partial charge >= 0.3 is 0 Å². The fraction of sp³-hybridized carbons (Fsp3) is 0.462. The second-order valence-electron chi connectivity index (χ2n) is 4.41. The molecule has 2 heterocycles. The molecule has 3 nitrogen and oxygen atoms in total. The standard InChI is InChI=1S/C13H16N2OS2/c1-16-10-4-5-11-12(7-10)18-13(15-11)14-9-3-2-6-17-8-9/h4-5,7,9H,2-3,6,8H2,1H3,(H,14,15). The second-order valence-corrected chi connectivity index (χ2v) is 6.59. The Kier molecular flexibility index (Phi) is 3.61. The molecule has 1 saturated heterocycles. The maximum Gasteiger partial charge on any atom is 0.184 e. The average Bonchev–Trinajstić information content (AvgIpc) is 2.80. The summed E-state index contributed by atoms with van der Waals surface area (Å²) in [6, 6.07) is 6.60. The first-order valence-electron chi connectivity index (χ1n) is 6.14. The number of anilines is 1. The van der Waals surface area contributed by atoms with Gasteiger partial charge in [0.25, 0.3) is 0 Å². The summed E-state index contributed by atoms with van der Waals surface area (Å²) < 4.78 is 6.42. The Hall–Kier alpha value is -0.940. The molecule has 0 bridgehead atoms. The Morgan fingerprint density at radius 3 is 3.17 bits per heavy atom. The zero-order chi connectivity index (χ0) is 12.4. The lowest BCUT2D eigenvalue weighted by atomic mass is 10.2. The van der Waals surface area contributed by atoms with Crippen molar-refractivity contribution in [3.8, 4) is 5.75 Å². The number of nitrogens with one attached hydrogen (secondary N) is 1. The molecule has 3 rings (SSSR count). The van der Waals surface area contributed by atoms with E-state index in [9.17, 15) is 0 Å². The van der Waals surface area contributed by atoms with Gasteiger partial charge in [-0.3, -0.25) is 0 Å². The van der Waals surface area contributed by atoms with Crippen molar-refractivity contribution in [2.75, 3.05) is 23.9 Å². The van der Waals surface area contributed by atoms with Gasteiger partial charge in [-0.05, 0) is 36.8 Å². The fourth-order valence-electron chi connectivity index (χ4n) is 2.12. The Bertz CT molecular complexity index is 535. The number of nitrogens with zero attached hydrogens (tertiary/aromatic N) is 1. The zero-order valence-corrected chi connectivity index (χ0v) is 11.9. The van der Waals surface area contributed by atoms with Crippen molar-refractivity contribution in [1.82, 2.24) is 4.98 Å². The number of thiazole rings is 1. The molecule has 1 aliphatic rings. The summed E-state index contributed by atoms with van der Waals surface area (Å²) in [5.41, 5.74) is 1.05. The van der Waals surface area contributed by atoms with E-state index in [4.69, 9.17) is 4.74 Å². The molecule has 1 fully saturated rings. The number of fused-ring (bicyclic) bond motifs is 1. The van der Waals surface area contributed by atoms with Gasteiger partial charge in [-0.2, -0.15) is 11.8 Å². The van der Waals surface area contributed by atoms with Crippen LogP contribution in [-0.2, 0) is 0 Å². The van der Waals surface area contributed by atoms with Gasteiger partial charge in [0.1, 0.15) is 5.75 Å². The molecular weight excluding hydrogens is 264 g/mol. The molecular formula is C13H16N2OS2. The summed E-state index contributed by atoms with van der Waals surface area (Å²) in [5, 5.41) is 4.59. The second kappa shape index (κ2) is 5.36. The maximum atomic E-state index is 5.24. The summed E-state index contributed by atoms with van der Waals surface area (Å²) in [5.74, 6) is 3.39. The third-order valence-corrected chi connectivity index (χ3v) is 5.25. The molecule has 18 heavy (non-hydrogen) atoms. The van der Waals surface area contributed by atoms with Crippen LogP contribution in [-0.4, -0.2) is 29.6 Å². The number of aromatic nitrogens is 1. The van der Waals surface area contributed by atoms with Crippen molar-refractivity contribution in [1.29, 1.82) is 0 Å². The number of ether oxygens (including phenoxy) is 1. The molecule has 1 aromatic carbocycles. The van der Waals surface area contributed by atoms with E-state index in [0.29, 0.717) is 6.04 Å². The van der Waals surface area contributed by atoms with E-state index in [1.807, 2.05) is 30.0 Å². The molecule has 0 aliphatic carbocycles. The van der Waals surface area contributed by atoms with Crippen molar-refractivity contribution in [3.05, 3.63) is 18.2 Å². The van der Waals surface area contributed by atoms with Gasteiger partial charge in [-0.1, -0.05) is 11.3 Å². The van der Waals surface area contributed by atoms with Gasteiger partial charge in [0.05, 0.1) is 17.3 Å². The lowest BCUT2D eigenvalue weighted by Crippen LogP contribution is -2.25. The van der Waals surface area contributed by atoms with Gasteiger partial charge in [0.2, 0.25) is 0 Å². The Morgan fingerprint density at radius 1 is 1.44 bits per heavy atom. The first-order valence-corrected chi connectivity index (χ1v) is 8.11. The highest BCUT2D eigenvalue weighted by molar-refractivity contribution is 7.99. The number of hydrogen-bond donors (Lipinski definition) is 1. The van der Waals surface area contributed by atoms with Crippen LogP contribution in [0.2, 0.25) is 0 Å². The van der Waals surface area contributed by atoms with E-state index in [0.717, 1.165) is 16.4 Å². The minimum absolute atomic E-state index is 0.575. The highest BCUT2D eigenvalue weighted by atomic mass is 32.2. The van der Waals surface area contributed by atoms with Crippen LogP contribution in [0.3, 0.4) is 0 Å². The Morgan fingerprint density at radius 2 is 2.39 bits per heavy atom. The summed E-state index contributed by atoms with van der Waals surface area (Å²) in [4.78, 5) is 4.62. The maximum absolute atomic E-state index is 5.24. The fourth-order valence-corrected chi connectivity index (χ4v) is 4.17. The Labute approximate surface area is 115 Å². The molecule has 0 radical (unpaired) electrons. The molecule has 0 amide bonds. The summed E-state index contributed by atoms with van der Waals surface area (Å²) in [6.07, 6.45) is 2.56. The van der Waals surface area contributed by atoms with E-state index in [1.165, 1.54) is 29.0 Å². The van der Waals surface area contributed by atoms with Gasteiger partial charge in [0.15, 0.2) is 5.13 Å². The zero-order valence-electron chi connectivity index (χ0n) is 10.3. The van der Waals surface area contributed by atoms with E-state index >= 15 is 0 Å². The monoisotopic (exact) mass is 280 g/mol. The van der Waals surface area contributed by atoms with Crippen LogP contribution in [0.1, 0.15) is 12.8 Å². The minimum atomic E-state index is 0.575. The molecule has 1 aliphatic heterocycles. The van der Waals surface area contributed by atoms with Crippen LogP contribution in [0.25, 0.3) is 10.2 Å². The largest absolute Gasteiger partial charge is 0.497 e. The first kappa shape index (κ1) is 12.1. The van der Waals surface area contributed by atoms with Crippen molar-refractivity contribution in [3.63, 3.8) is 0 Å². The number of thioether (sulfide) groups is 1. The Balaban J connectivity index is 1.79. The molecule has 5 heteroatoms. The van der Waals surface area contributed by atoms with Gasteiger partial charge in [-0.15, -0.1) is 0 Å². The number of rotatable bonds is 3. The van der Waals surface area contributed by atoms with Crippen LogP contribution in [0.5, 0.6) is 5.75 Å². The third-order valence-electron chi connectivity index (χ3n) is 3.08. The number of hydrogen-bond acceptors (Lipinski definition) is 5. The number of methoxy groups -OCH3 is 1. The summed E-state index contributed by atoms with van der Waals surface area (Å²) in [7, 11) is 1.70. The van der Waals surface area contributed by atoms with E-state index in [-0.39, 0.29) is 0 Å². The van der Waals surface area contributed by atoms with Crippen LogP contribution < -0.4 is 10.1 Å². The molecule has 1 aromatic heterocycles. The van der Waals surface area contributed by atoms with Crippen molar-refractivity contribution < 1.29 is 4.74 Å². The topological polar surface area (TPSA) is 34.1 Å². The summed E-state index contributed by atoms with van der Waals surface area (Å²) in [6.45, 7) is 0. The van der Waals surface area contributed by atoms with Crippen LogP contribution in [0.15, 0.2) is 18.2 Å². The molecule has 1 N–H and O–H groups in total. The predicted molar refractivity (Wildman–Crippen MR) is 80.1 cm³/mol. The molecule has 0 spiro atoms. The smallest absolute Gasteiger partial charge is 0.184 e. The van der Waals surface area contributed by atoms with E-state index < -0.39 is 0 Å². The normalized spacial score (nSPS) is 19.9. The van der Waals surface area contributed by atoms with Crippen molar-refractivity contribution in [2.45, 2.75) is 18.9 Å². The molecule has 96 valence electrons. The lowest BCUT2D eigenvalue weighted by molar-refractivity contribution is 0.415. The minimum Gasteiger partial charge on any atom is -0.497 e.